The van der Waals surface area contributed by atoms with Crippen molar-refractivity contribution in [3.63, 3.8) is 0 Å². The summed E-state index contributed by atoms with van der Waals surface area (Å²) in [5.74, 6) is 0. The second-order valence-corrected chi connectivity index (χ2v) is 3.90. The first kappa shape index (κ1) is 12.5. The van der Waals surface area contributed by atoms with Gasteiger partial charge in [0.15, 0.2) is 0 Å². The fourth-order valence-corrected chi connectivity index (χ4v) is 1.55. The van der Waals surface area contributed by atoms with E-state index in [9.17, 15) is 0 Å². The molecule has 1 heterocycles. The first-order valence-electron chi connectivity index (χ1n) is 6.09. The van der Waals surface area contributed by atoms with Crippen molar-refractivity contribution in [1.82, 2.24) is 15.3 Å². The van der Waals surface area contributed by atoms with Gasteiger partial charge in [-0.15, -0.1) is 0 Å². The Morgan fingerprint density at radius 3 is 2.56 bits per heavy atom. The third-order valence-electron chi connectivity index (χ3n) is 2.44. The predicted molar refractivity (Wildman–Crippen MR) is 70.3 cm³/mol. The molecule has 0 saturated carbocycles. The zero-order valence-corrected chi connectivity index (χ0v) is 10.2. The standard InChI is InChI=1S/C14H17N3O/c1-2-6-13(7-3-1)12-15-8-5-11-18-14-16-9-4-10-17-14/h1-4,6-7,9-10,15H,5,8,11-12H2. The zero-order chi connectivity index (χ0) is 12.5. The van der Waals surface area contributed by atoms with Crippen LogP contribution in [0.2, 0.25) is 0 Å². The van der Waals surface area contributed by atoms with Crippen molar-refractivity contribution in [2.45, 2.75) is 13.0 Å². The molecule has 0 aliphatic carbocycles. The van der Waals surface area contributed by atoms with Gasteiger partial charge < -0.3 is 10.1 Å². The largest absolute Gasteiger partial charge is 0.463 e. The lowest BCUT2D eigenvalue weighted by molar-refractivity contribution is 0.284. The molecule has 94 valence electrons. The summed E-state index contributed by atoms with van der Waals surface area (Å²) in [6.07, 6.45) is 4.29. The van der Waals surface area contributed by atoms with Crippen LogP contribution < -0.4 is 10.1 Å². The predicted octanol–water partition coefficient (Wildman–Crippen LogP) is 2.04. The Labute approximate surface area is 107 Å². The minimum absolute atomic E-state index is 0.445. The number of hydrogen-bond acceptors (Lipinski definition) is 4. The second kappa shape index (κ2) is 7.40. The van der Waals surface area contributed by atoms with E-state index >= 15 is 0 Å². The molecule has 18 heavy (non-hydrogen) atoms. The number of nitrogens with zero attached hydrogens (tertiary/aromatic N) is 2. The molecule has 0 radical (unpaired) electrons. The molecule has 2 aromatic rings. The Kier molecular flexibility index (Phi) is 5.14. The number of ether oxygens (including phenoxy) is 1. The fourth-order valence-electron chi connectivity index (χ4n) is 1.55. The average Bonchev–Trinajstić information content (AvgIpc) is 2.45. The summed E-state index contributed by atoms with van der Waals surface area (Å²) in [7, 11) is 0. The molecule has 4 heteroatoms. The Balaban J connectivity index is 1.54. The quantitative estimate of drug-likeness (QED) is 0.756. The number of aromatic nitrogens is 2. The van der Waals surface area contributed by atoms with Crippen LogP contribution in [-0.4, -0.2) is 23.1 Å². The molecule has 0 fully saturated rings. The first-order valence-corrected chi connectivity index (χ1v) is 6.09. The van der Waals surface area contributed by atoms with Crippen molar-refractivity contribution in [1.29, 1.82) is 0 Å². The summed E-state index contributed by atoms with van der Waals surface area (Å²) in [6, 6.07) is 12.6. The van der Waals surface area contributed by atoms with Crippen molar-refractivity contribution in [3.8, 4) is 6.01 Å². The lowest BCUT2D eigenvalue weighted by atomic mass is 10.2. The summed E-state index contributed by atoms with van der Waals surface area (Å²) in [5.41, 5.74) is 1.30. The topological polar surface area (TPSA) is 47.0 Å². The van der Waals surface area contributed by atoms with Gasteiger partial charge >= 0.3 is 6.01 Å². The summed E-state index contributed by atoms with van der Waals surface area (Å²) in [4.78, 5) is 7.98. The van der Waals surface area contributed by atoms with Gasteiger partial charge in [0.25, 0.3) is 0 Å². The van der Waals surface area contributed by atoms with E-state index in [2.05, 4.69) is 27.4 Å². The Morgan fingerprint density at radius 2 is 1.78 bits per heavy atom. The van der Waals surface area contributed by atoms with Gasteiger partial charge in [0.1, 0.15) is 0 Å². The van der Waals surface area contributed by atoms with Gasteiger partial charge in [-0.05, 0) is 24.6 Å². The van der Waals surface area contributed by atoms with Crippen molar-refractivity contribution in [2.24, 2.45) is 0 Å². The highest BCUT2D eigenvalue weighted by molar-refractivity contribution is 5.14. The summed E-state index contributed by atoms with van der Waals surface area (Å²) >= 11 is 0. The van der Waals surface area contributed by atoms with Crippen LogP contribution in [0, 0.1) is 0 Å². The van der Waals surface area contributed by atoms with Crippen LogP contribution in [0.1, 0.15) is 12.0 Å². The summed E-state index contributed by atoms with van der Waals surface area (Å²) in [6.45, 7) is 2.44. The molecule has 1 N–H and O–H groups in total. The average molecular weight is 243 g/mol. The Hall–Kier alpha value is -1.94. The highest BCUT2D eigenvalue weighted by atomic mass is 16.5. The van der Waals surface area contributed by atoms with E-state index in [1.54, 1.807) is 18.5 Å². The van der Waals surface area contributed by atoms with Crippen LogP contribution in [0.25, 0.3) is 0 Å². The van der Waals surface area contributed by atoms with E-state index in [4.69, 9.17) is 4.74 Å². The maximum Gasteiger partial charge on any atom is 0.316 e. The third-order valence-corrected chi connectivity index (χ3v) is 2.44. The monoisotopic (exact) mass is 243 g/mol. The van der Waals surface area contributed by atoms with Crippen LogP contribution >= 0.6 is 0 Å². The third kappa shape index (κ3) is 4.51. The normalized spacial score (nSPS) is 10.2. The number of rotatable bonds is 7. The first-order chi connectivity index (χ1) is 8.95. The van der Waals surface area contributed by atoms with Crippen LogP contribution in [0.4, 0.5) is 0 Å². The van der Waals surface area contributed by atoms with Gasteiger partial charge in [0.2, 0.25) is 0 Å². The lowest BCUT2D eigenvalue weighted by Crippen LogP contribution is -2.17. The van der Waals surface area contributed by atoms with Crippen molar-refractivity contribution in [2.75, 3.05) is 13.2 Å². The fraction of sp³-hybridized carbons (Fsp3) is 0.286. The molecular formula is C14H17N3O. The highest BCUT2D eigenvalue weighted by Gasteiger charge is 1.95. The maximum atomic E-state index is 5.40. The smallest absolute Gasteiger partial charge is 0.316 e. The number of nitrogens with one attached hydrogen (secondary N) is 1. The Morgan fingerprint density at radius 1 is 1.00 bits per heavy atom. The number of hydrogen-bond donors (Lipinski definition) is 1. The lowest BCUT2D eigenvalue weighted by Gasteiger charge is -2.05. The molecule has 0 aliphatic rings. The van der Waals surface area contributed by atoms with Gasteiger partial charge in [0, 0.05) is 18.9 Å². The van der Waals surface area contributed by atoms with Crippen LogP contribution in [-0.2, 0) is 6.54 Å². The van der Waals surface area contributed by atoms with Crippen molar-refractivity contribution >= 4 is 0 Å². The second-order valence-electron chi connectivity index (χ2n) is 3.90. The molecule has 0 saturated heterocycles. The van der Waals surface area contributed by atoms with E-state index in [-0.39, 0.29) is 0 Å². The molecule has 0 atom stereocenters. The van der Waals surface area contributed by atoms with E-state index in [1.807, 2.05) is 18.2 Å². The zero-order valence-electron chi connectivity index (χ0n) is 10.2. The molecule has 0 spiro atoms. The van der Waals surface area contributed by atoms with Crippen LogP contribution in [0.15, 0.2) is 48.8 Å². The highest BCUT2D eigenvalue weighted by Crippen LogP contribution is 1.99. The van der Waals surface area contributed by atoms with Crippen molar-refractivity contribution < 1.29 is 4.74 Å². The van der Waals surface area contributed by atoms with E-state index in [0.717, 1.165) is 19.5 Å². The summed E-state index contributed by atoms with van der Waals surface area (Å²) in [5, 5.41) is 3.37. The molecule has 0 unspecified atom stereocenters. The van der Waals surface area contributed by atoms with Gasteiger partial charge in [0.05, 0.1) is 6.61 Å². The minimum Gasteiger partial charge on any atom is -0.463 e. The Bertz CT molecular complexity index is 390. The molecule has 0 bridgehead atoms. The summed E-state index contributed by atoms with van der Waals surface area (Å²) < 4.78 is 5.40. The number of benzene rings is 1. The molecular weight excluding hydrogens is 226 g/mol. The van der Waals surface area contributed by atoms with Gasteiger partial charge in [-0.1, -0.05) is 30.3 Å². The molecule has 0 aliphatic heterocycles. The maximum absolute atomic E-state index is 5.40. The van der Waals surface area contributed by atoms with Crippen molar-refractivity contribution in [3.05, 3.63) is 54.4 Å². The van der Waals surface area contributed by atoms with Gasteiger partial charge in [-0.3, -0.25) is 0 Å². The minimum atomic E-state index is 0.445. The van der Waals surface area contributed by atoms with E-state index < -0.39 is 0 Å². The molecule has 1 aromatic carbocycles. The molecule has 0 amide bonds. The van der Waals surface area contributed by atoms with Gasteiger partial charge in [-0.2, -0.15) is 0 Å². The van der Waals surface area contributed by atoms with Crippen LogP contribution in [0.5, 0.6) is 6.01 Å². The van der Waals surface area contributed by atoms with E-state index in [1.165, 1.54) is 5.56 Å². The molecule has 4 nitrogen and oxygen atoms in total. The molecule has 2 rings (SSSR count). The van der Waals surface area contributed by atoms with Crippen LogP contribution in [0.3, 0.4) is 0 Å². The van der Waals surface area contributed by atoms with Gasteiger partial charge in [-0.25, -0.2) is 9.97 Å². The van der Waals surface area contributed by atoms with E-state index in [0.29, 0.717) is 12.6 Å². The molecule has 1 aromatic heterocycles. The SMILES string of the molecule is c1ccc(CNCCCOc2ncccn2)cc1.